The Kier molecular flexibility index (Phi) is 8.19. The summed E-state index contributed by atoms with van der Waals surface area (Å²) in [6, 6.07) is 15.6. The van der Waals surface area contributed by atoms with E-state index >= 15 is 0 Å². The van der Waals surface area contributed by atoms with Crippen LogP contribution in [0.4, 0.5) is 5.69 Å². The molecule has 0 bridgehead atoms. The number of hydrogen-bond donors (Lipinski definition) is 1. The van der Waals surface area contributed by atoms with E-state index in [4.69, 9.17) is 4.74 Å². The summed E-state index contributed by atoms with van der Waals surface area (Å²) in [5, 5.41) is 3.08. The number of para-hydroxylation sites is 1. The second kappa shape index (κ2) is 10.4. The van der Waals surface area contributed by atoms with Gasteiger partial charge in [-0.3, -0.25) is 0 Å². The number of ether oxygens (including phenoxy) is 1. The SMILES string of the molecule is CC[PH](CC)(CC(=O)Nc1c(C)cccc1C)CC(=O)OCc1ccccc1. The van der Waals surface area contributed by atoms with Crippen molar-refractivity contribution in [2.24, 2.45) is 0 Å². The average Bonchev–Trinajstić information content (AvgIpc) is 2.69. The summed E-state index contributed by atoms with van der Waals surface area (Å²) < 4.78 is 5.49. The molecule has 0 heterocycles. The van der Waals surface area contributed by atoms with Crippen LogP contribution in [0.1, 0.15) is 30.5 Å². The third kappa shape index (κ3) is 6.17. The molecule has 2 rings (SSSR count). The first-order valence-corrected chi connectivity index (χ1v) is 12.8. The van der Waals surface area contributed by atoms with Crippen LogP contribution in [0.25, 0.3) is 0 Å². The summed E-state index contributed by atoms with van der Waals surface area (Å²) in [6.45, 7) is 8.45. The second-order valence-corrected chi connectivity index (χ2v) is 12.6. The first-order valence-electron chi connectivity index (χ1n) is 9.94. The Morgan fingerprint density at radius 2 is 1.50 bits per heavy atom. The van der Waals surface area contributed by atoms with Gasteiger partial charge in [0.15, 0.2) is 0 Å². The quantitative estimate of drug-likeness (QED) is 0.486. The fraction of sp³-hybridized carbons (Fsp3) is 0.391. The van der Waals surface area contributed by atoms with Crippen molar-refractivity contribution < 1.29 is 14.3 Å². The number of aryl methyl sites for hydroxylation is 2. The molecule has 1 N–H and O–H groups in total. The molecular formula is C23H32NO3P. The number of esters is 1. The van der Waals surface area contributed by atoms with Crippen molar-refractivity contribution in [1.82, 2.24) is 0 Å². The van der Waals surface area contributed by atoms with Crippen molar-refractivity contribution in [1.29, 1.82) is 0 Å². The molecule has 28 heavy (non-hydrogen) atoms. The number of rotatable bonds is 9. The van der Waals surface area contributed by atoms with Crippen molar-refractivity contribution in [2.45, 2.75) is 34.3 Å². The number of carbonyl (C=O) groups excluding carboxylic acids is 2. The van der Waals surface area contributed by atoms with Crippen molar-refractivity contribution in [3.63, 3.8) is 0 Å². The summed E-state index contributed by atoms with van der Waals surface area (Å²) in [5.41, 5.74) is 3.96. The molecule has 0 aliphatic heterocycles. The van der Waals surface area contributed by atoms with Crippen LogP contribution in [0.15, 0.2) is 48.5 Å². The number of anilines is 1. The van der Waals surface area contributed by atoms with E-state index in [9.17, 15) is 9.59 Å². The Morgan fingerprint density at radius 3 is 2.07 bits per heavy atom. The first-order chi connectivity index (χ1) is 13.4. The minimum absolute atomic E-state index is 0.00336. The summed E-state index contributed by atoms with van der Waals surface area (Å²) in [4.78, 5) is 25.3. The molecule has 0 atom stereocenters. The van der Waals surface area contributed by atoms with Crippen LogP contribution in [-0.2, 0) is 20.9 Å². The van der Waals surface area contributed by atoms with Gasteiger partial charge < -0.3 is 0 Å². The van der Waals surface area contributed by atoms with Gasteiger partial charge in [0.1, 0.15) is 0 Å². The predicted octanol–water partition coefficient (Wildman–Crippen LogP) is 4.78. The van der Waals surface area contributed by atoms with E-state index in [-0.39, 0.29) is 18.5 Å². The van der Waals surface area contributed by atoms with Gasteiger partial charge in [0.2, 0.25) is 0 Å². The monoisotopic (exact) mass is 401 g/mol. The number of nitrogens with one attached hydrogen (secondary N) is 1. The van der Waals surface area contributed by atoms with Crippen molar-refractivity contribution in [3.8, 4) is 0 Å². The maximum absolute atomic E-state index is 12.8. The molecule has 0 radical (unpaired) electrons. The zero-order valence-corrected chi connectivity index (χ0v) is 18.4. The molecule has 2 aromatic rings. The molecule has 0 saturated heterocycles. The third-order valence-electron chi connectivity index (χ3n) is 5.54. The van der Waals surface area contributed by atoms with Gasteiger partial charge in [0, 0.05) is 0 Å². The van der Waals surface area contributed by atoms with E-state index in [0.29, 0.717) is 12.3 Å². The molecule has 0 aromatic heterocycles. The van der Waals surface area contributed by atoms with Crippen LogP contribution >= 0.6 is 7.26 Å². The summed E-state index contributed by atoms with van der Waals surface area (Å²) >= 11 is 0. The van der Waals surface area contributed by atoms with Gasteiger partial charge in [-0.2, -0.15) is 0 Å². The molecular weight excluding hydrogens is 369 g/mol. The van der Waals surface area contributed by atoms with Gasteiger partial charge in [0.05, 0.1) is 0 Å². The van der Waals surface area contributed by atoms with Gasteiger partial charge in [0.25, 0.3) is 0 Å². The molecule has 152 valence electrons. The number of carbonyl (C=O) groups is 2. The van der Waals surface area contributed by atoms with E-state index < -0.39 is 7.26 Å². The van der Waals surface area contributed by atoms with E-state index in [2.05, 4.69) is 19.2 Å². The second-order valence-electron chi connectivity index (χ2n) is 7.52. The molecule has 0 spiro atoms. The zero-order chi connectivity index (χ0) is 20.6. The van der Waals surface area contributed by atoms with Crippen molar-refractivity contribution in [2.75, 3.05) is 30.0 Å². The summed E-state index contributed by atoms with van der Waals surface area (Å²) in [5.74, 6) is -0.192. The Labute approximate surface area is 169 Å². The maximum atomic E-state index is 12.8. The Morgan fingerprint density at radius 1 is 0.893 bits per heavy atom. The standard InChI is InChI=1S/C23H32NO3P/c1-5-28(6-2,17-22(26)27-15-20-13-8-7-9-14-20)16-21(25)24-23-18(3)11-10-12-19(23)4/h7-14,28H,5-6,15-17H2,1-4H3,(H,24,25). The van der Waals surface area contributed by atoms with E-state index in [1.54, 1.807) is 0 Å². The van der Waals surface area contributed by atoms with Crippen LogP contribution in [0, 0.1) is 13.8 Å². The molecule has 0 unspecified atom stereocenters. The third-order valence-corrected chi connectivity index (χ3v) is 10.7. The van der Waals surface area contributed by atoms with E-state index in [1.165, 1.54) is 0 Å². The topological polar surface area (TPSA) is 55.4 Å². The number of amides is 1. The van der Waals surface area contributed by atoms with Gasteiger partial charge in [-0.25, -0.2) is 0 Å². The average molecular weight is 401 g/mol. The molecule has 0 fully saturated rings. The van der Waals surface area contributed by atoms with Crippen LogP contribution < -0.4 is 5.32 Å². The van der Waals surface area contributed by atoms with Crippen molar-refractivity contribution in [3.05, 3.63) is 65.2 Å². The molecule has 5 heteroatoms. The zero-order valence-electron chi connectivity index (χ0n) is 17.4. The molecule has 2 aromatic carbocycles. The van der Waals surface area contributed by atoms with E-state index in [1.807, 2.05) is 62.4 Å². The molecule has 1 amide bonds. The predicted molar refractivity (Wildman–Crippen MR) is 120 cm³/mol. The Hall–Kier alpha value is -2.19. The number of hydrogen-bond acceptors (Lipinski definition) is 3. The Bertz CT molecular complexity index is 780. The molecule has 4 nitrogen and oxygen atoms in total. The van der Waals surface area contributed by atoms with Gasteiger partial charge in [-0.1, -0.05) is 0 Å². The minimum atomic E-state index is -2.08. The van der Waals surface area contributed by atoms with Gasteiger partial charge in [-0.05, 0) is 0 Å². The fourth-order valence-corrected chi connectivity index (χ4v) is 6.55. The van der Waals surface area contributed by atoms with Crippen molar-refractivity contribution >= 4 is 24.8 Å². The van der Waals surface area contributed by atoms with Crippen LogP contribution in [0.3, 0.4) is 0 Å². The summed E-state index contributed by atoms with van der Waals surface area (Å²) in [6.07, 6.45) is 2.58. The Balaban J connectivity index is 1.99. The van der Waals surface area contributed by atoms with Crippen LogP contribution in [0.5, 0.6) is 0 Å². The fourth-order valence-electron chi connectivity index (χ4n) is 3.44. The molecule has 0 aliphatic rings. The van der Waals surface area contributed by atoms with Crippen LogP contribution in [0.2, 0.25) is 0 Å². The normalized spacial score (nSPS) is 11.7. The van der Waals surface area contributed by atoms with E-state index in [0.717, 1.165) is 34.7 Å². The van der Waals surface area contributed by atoms with Gasteiger partial charge in [-0.15, -0.1) is 0 Å². The van der Waals surface area contributed by atoms with Crippen LogP contribution in [-0.4, -0.2) is 36.5 Å². The molecule has 0 saturated carbocycles. The first kappa shape index (κ1) is 22.1. The van der Waals surface area contributed by atoms with Gasteiger partial charge >= 0.3 is 169 Å². The number of benzene rings is 2. The molecule has 0 aliphatic carbocycles. The summed E-state index contributed by atoms with van der Waals surface area (Å²) in [7, 11) is -2.08.